The maximum Gasteiger partial charge on any atom is 0.317 e. The van der Waals surface area contributed by atoms with Crippen LogP contribution in [-0.4, -0.2) is 53.2 Å². The lowest BCUT2D eigenvalue weighted by atomic mass is 10.2. The maximum atomic E-state index is 12.3. The molecule has 0 aliphatic carbocycles. The largest absolute Gasteiger partial charge is 0.469 e. The van der Waals surface area contributed by atoms with Crippen LogP contribution in [0.5, 0.6) is 0 Å². The van der Waals surface area contributed by atoms with Gasteiger partial charge in [-0.2, -0.15) is 0 Å². The molecule has 0 spiro atoms. The van der Waals surface area contributed by atoms with Gasteiger partial charge in [-0.1, -0.05) is 5.16 Å². The molecule has 2 aromatic heterocycles. The standard InChI is InChI=1S/C17H24N4O3/c1-13(10-15-4-3-9-23-15)18-17(22)21-7-5-20(6-8-21)12-16-11-14(2)19-24-16/h3-4,9,11,13H,5-8,10,12H2,1-2H3,(H,18,22)/t13-/m1/s1. The van der Waals surface area contributed by atoms with Crippen LogP contribution in [0.3, 0.4) is 0 Å². The molecular formula is C17H24N4O3. The molecule has 1 N–H and O–H groups in total. The normalized spacial score (nSPS) is 17.0. The lowest BCUT2D eigenvalue weighted by Crippen LogP contribution is -2.53. The third-order valence-corrected chi connectivity index (χ3v) is 4.17. The van der Waals surface area contributed by atoms with Crippen molar-refractivity contribution in [3.8, 4) is 0 Å². The number of amides is 2. The number of rotatable bonds is 5. The van der Waals surface area contributed by atoms with Crippen molar-refractivity contribution in [3.63, 3.8) is 0 Å². The first-order valence-electron chi connectivity index (χ1n) is 8.32. The Hall–Kier alpha value is -2.28. The smallest absolute Gasteiger partial charge is 0.317 e. The monoisotopic (exact) mass is 332 g/mol. The summed E-state index contributed by atoms with van der Waals surface area (Å²) in [5.74, 6) is 1.76. The molecule has 1 aliphatic rings. The number of piperazine rings is 1. The zero-order valence-electron chi connectivity index (χ0n) is 14.2. The minimum absolute atomic E-state index is 0.00999. The number of urea groups is 1. The topological polar surface area (TPSA) is 74.8 Å². The Balaban J connectivity index is 1.41. The van der Waals surface area contributed by atoms with E-state index < -0.39 is 0 Å². The van der Waals surface area contributed by atoms with Gasteiger partial charge in [0.15, 0.2) is 5.76 Å². The van der Waals surface area contributed by atoms with Gasteiger partial charge in [0.1, 0.15) is 5.76 Å². The molecule has 24 heavy (non-hydrogen) atoms. The lowest BCUT2D eigenvalue weighted by Gasteiger charge is -2.34. The predicted molar refractivity (Wildman–Crippen MR) is 88.5 cm³/mol. The van der Waals surface area contributed by atoms with E-state index in [1.54, 1.807) is 6.26 Å². The number of furan rings is 1. The molecule has 2 amide bonds. The van der Waals surface area contributed by atoms with Crippen molar-refractivity contribution in [2.75, 3.05) is 26.2 Å². The Morgan fingerprint density at radius 2 is 2.12 bits per heavy atom. The van der Waals surface area contributed by atoms with Crippen molar-refractivity contribution in [1.82, 2.24) is 20.3 Å². The van der Waals surface area contributed by atoms with Crippen LogP contribution in [0.15, 0.2) is 33.4 Å². The van der Waals surface area contributed by atoms with E-state index in [0.29, 0.717) is 19.5 Å². The fourth-order valence-corrected chi connectivity index (χ4v) is 2.90. The van der Waals surface area contributed by atoms with Crippen LogP contribution in [-0.2, 0) is 13.0 Å². The van der Waals surface area contributed by atoms with E-state index in [0.717, 1.165) is 36.8 Å². The van der Waals surface area contributed by atoms with Gasteiger partial charge in [-0.15, -0.1) is 0 Å². The van der Waals surface area contributed by atoms with E-state index in [1.165, 1.54) is 0 Å². The number of nitrogens with zero attached hydrogens (tertiary/aromatic N) is 3. The second-order valence-electron chi connectivity index (χ2n) is 6.33. The number of carbonyl (C=O) groups is 1. The Kier molecular flexibility index (Phi) is 5.20. The van der Waals surface area contributed by atoms with Crippen LogP contribution in [0.4, 0.5) is 4.79 Å². The van der Waals surface area contributed by atoms with Gasteiger partial charge in [0.25, 0.3) is 0 Å². The molecule has 3 heterocycles. The summed E-state index contributed by atoms with van der Waals surface area (Å²) in [7, 11) is 0. The number of carbonyl (C=O) groups excluding carboxylic acids is 1. The minimum Gasteiger partial charge on any atom is -0.469 e. The van der Waals surface area contributed by atoms with Crippen molar-refractivity contribution in [1.29, 1.82) is 0 Å². The van der Waals surface area contributed by atoms with E-state index in [1.807, 2.05) is 36.9 Å². The molecule has 2 aromatic rings. The number of hydrogen-bond acceptors (Lipinski definition) is 5. The summed E-state index contributed by atoms with van der Waals surface area (Å²) in [6.07, 6.45) is 2.35. The third kappa shape index (κ3) is 4.38. The summed E-state index contributed by atoms with van der Waals surface area (Å²) in [5, 5.41) is 6.94. The fraction of sp³-hybridized carbons (Fsp3) is 0.529. The van der Waals surface area contributed by atoms with Gasteiger partial charge in [-0.05, 0) is 26.0 Å². The minimum atomic E-state index is -0.00999. The second-order valence-corrected chi connectivity index (χ2v) is 6.33. The number of aromatic nitrogens is 1. The highest BCUT2D eigenvalue weighted by atomic mass is 16.5. The first kappa shape index (κ1) is 16.6. The van der Waals surface area contributed by atoms with Crippen LogP contribution in [0.25, 0.3) is 0 Å². The molecule has 1 saturated heterocycles. The van der Waals surface area contributed by atoms with Crippen LogP contribution >= 0.6 is 0 Å². The van der Waals surface area contributed by atoms with E-state index in [9.17, 15) is 4.79 Å². The highest BCUT2D eigenvalue weighted by Crippen LogP contribution is 2.10. The third-order valence-electron chi connectivity index (χ3n) is 4.17. The van der Waals surface area contributed by atoms with Crippen molar-refractivity contribution in [2.45, 2.75) is 32.9 Å². The van der Waals surface area contributed by atoms with E-state index in [2.05, 4.69) is 15.4 Å². The summed E-state index contributed by atoms with van der Waals surface area (Å²) >= 11 is 0. The molecule has 1 aliphatic heterocycles. The van der Waals surface area contributed by atoms with Crippen molar-refractivity contribution in [2.24, 2.45) is 0 Å². The van der Waals surface area contributed by atoms with Crippen LogP contribution in [0, 0.1) is 6.92 Å². The Morgan fingerprint density at radius 3 is 2.75 bits per heavy atom. The van der Waals surface area contributed by atoms with Crippen molar-refractivity contribution in [3.05, 3.63) is 41.7 Å². The SMILES string of the molecule is Cc1cc(CN2CCN(C(=O)N[C@H](C)Cc3ccco3)CC2)on1. The Bertz CT molecular complexity index is 645. The molecule has 7 heteroatoms. The Labute approximate surface area is 141 Å². The van der Waals surface area contributed by atoms with Crippen molar-refractivity contribution < 1.29 is 13.7 Å². The maximum absolute atomic E-state index is 12.3. The Morgan fingerprint density at radius 1 is 1.33 bits per heavy atom. The fourth-order valence-electron chi connectivity index (χ4n) is 2.90. The number of hydrogen-bond donors (Lipinski definition) is 1. The van der Waals surface area contributed by atoms with Gasteiger partial charge in [0.2, 0.25) is 0 Å². The summed E-state index contributed by atoms with van der Waals surface area (Å²) in [4.78, 5) is 16.5. The average molecular weight is 332 g/mol. The van der Waals surface area contributed by atoms with Gasteiger partial charge in [0.05, 0.1) is 18.5 Å². The van der Waals surface area contributed by atoms with Crippen LogP contribution < -0.4 is 5.32 Å². The molecule has 130 valence electrons. The van der Waals surface area contributed by atoms with Crippen molar-refractivity contribution >= 4 is 6.03 Å². The zero-order chi connectivity index (χ0) is 16.9. The second kappa shape index (κ2) is 7.53. The van der Waals surface area contributed by atoms with Gasteiger partial charge in [-0.25, -0.2) is 4.79 Å². The molecule has 7 nitrogen and oxygen atoms in total. The van der Waals surface area contributed by atoms with Gasteiger partial charge in [0, 0.05) is 44.7 Å². The summed E-state index contributed by atoms with van der Waals surface area (Å²) < 4.78 is 10.6. The molecule has 0 saturated carbocycles. The molecule has 0 radical (unpaired) electrons. The first-order chi connectivity index (χ1) is 11.6. The molecule has 1 atom stereocenters. The number of aryl methyl sites for hydroxylation is 1. The molecule has 0 bridgehead atoms. The quantitative estimate of drug-likeness (QED) is 0.907. The van der Waals surface area contributed by atoms with Crippen LogP contribution in [0.1, 0.15) is 24.1 Å². The lowest BCUT2D eigenvalue weighted by molar-refractivity contribution is 0.126. The predicted octanol–water partition coefficient (Wildman–Crippen LogP) is 2.03. The number of nitrogens with one attached hydrogen (secondary N) is 1. The van der Waals surface area contributed by atoms with Gasteiger partial charge < -0.3 is 19.2 Å². The molecule has 0 aromatic carbocycles. The average Bonchev–Trinajstić information content (AvgIpc) is 3.20. The first-order valence-corrected chi connectivity index (χ1v) is 8.32. The molecular weight excluding hydrogens is 308 g/mol. The van der Waals surface area contributed by atoms with Crippen LogP contribution in [0.2, 0.25) is 0 Å². The summed E-state index contributed by atoms with van der Waals surface area (Å²) in [5.41, 5.74) is 0.897. The molecule has 3 rings (SSSR count). The summed E-state index contributed by atoms with van der Waals surface area (Å²) in [6, 6.07) is 5.77. The van der Waals surface area contributed by atoms with E-state index in [4.69, 9.17) is 8.94 Å². The van der Waals surface area contributed by atoms with Gasteiger partial charge >= 0.3 is 6.03 Å². The van der Waals surface area contributed by atoms with E-state index in [-0.39, 0.29) is 12.1 Å². The highest BCUT2D eigenvalue weighted by molar-refractivity contribution is 5.74. The summed E-state index contributed by atoms with van der Waals surface area (Å²) in [6.45, 7) is 7.74. The van der Waals surface area contributed by atoms with E-state index >= 15 is 0 Å². The zero-order valence-corrected chi connectivity index (χ0v) is 14.2. The van der Waals surface area contributed by atoms with Gasteiger partial charge in [-0.3, -0.25) is 4.90 Å². The molecule has 0 unspecified atom stereocenters. The molecule has 1 fully saturated rings. The highest BCUT2D eigenvalue weighted by Gasteiger charge is 2.23.